The van der Waals surface area contributed by atoms with Gasteiger partial charge >= 0.3 is 0 Å². The number of benzene rings is 1. The second kappa shape index (κ2) is 5.93. The van der Waals surface area contributed by atoms with E-state index in [0.717, 1.165) is 39.1 Å². The highest BCUT2D eigenvalue weighted by Crippen LogP contribution is 2.12. The number of non-ortho nitro benzene ring substituents is 1. The van der Waals surface area contributed by atoms with Crippen LogP contribution in [-0.4, -0.2) is 54.5 Å². The minimum absolute atomic E-state index is 0.165. The fourth-order valence-corrected chi connectivity index (χ4v) is 2.14. The summed E-state index contributed by atoms with van der Waals surface area (Å²) >= 11 is 0. The smallest absolute Gasteiger partial charge is 0.269 e. The first kappa shape index (κ1) is 13.0. The Bertz CT molecular complexity index is 397. The molecule has 0 atom stereocenters. The van der Waals surface area contributed by atoms with Crippen LogP contribution >= 0.6 is 0 Å². The number of piperazine rings is 1. The predicted octanol–water partition coefficient (Wildman–Crippen LogP) is 1.38. The molecule has 5 heteroatoms. The molecule has 1 aliphatic heterocycles. The molecule has 1 aromatic carbocycles. The van der Waals surface area contributed by atoms with Crippen LogP contribution in [0.3, 0.4) is 0 Å². The van der Waals surface area contributed by atoms with Crippen molar-refractivity contribution in [1.82, 2.24) is 9.80 Å². The summed E-state index contributed by atoms with van der Waals surface area (Å²) in [6.07, 6.45) is 0.960. The standard InChI is InChI=1S/C13H19N3O2/c1-14-8-10-15(11-9-14)7-6-12-2-4-13(5-3-12)16(17)18/h2-5H,6-11H2,1H3. The molecule has 0 amide bonds. The van der Waals surface area contributed by atoms with E-state index in [2.05, 4.69) is 16.8 Å². The summed E-state index contributed by atoms with van der Waals surface area (Å²) in [6, 6.07) is 6.88. The fraction of sp³-hybridized carbons (Fsp3) is 0.538. The fourth-order valence-electron chi connectivity index (χ4n) is 2.14. The first-order valence-corrected chi connectivity index (χ1v) is 6.29. The van der Waals surface area contributed by atoms with Gasteiger partial charge in [0.15, 0.2) is 0 Å². The van der Waals surface area contributed by atoms with Crippen molar-refractivity contribution >= 4 is 5.69 Å². The lowest BCUT2D eigenvalue weighted by Gasteiger charge is -2.32. The van der Waals surface area contributed by atoms with E-state index >= 15 is 0 Å². The van der Waals surface area contributed by atoms with Gasteiger partial charge < -0.3 is 9.80 Å². The van der Waals surface area contributed by atoms with Gasteiger partial charge in [-0.15, -0.1) is 0 Å². The molecule has 0 saturated carbocycles. The maximum absolute atomic E-state index is 10.5. The zero-order chi connectivity index (χ0) is 13.0. The zero-order valence-corrected chi connectivity index (χ0v) is 10.7. The van der Waals surface area contributed by atoms with Crippen molar-refractivity contribution in [3.8, 4) is 0 Å². The van der Waals surface area contributed by atoms with Gasteiger partial charge in [-0.2, -0.15) is 0 Å². The Morgan fingerprint density at radius 1 is 1.17 bits per heavy atom. The van der Waals surface area contributed by atoms with Crippen molar-refractivity contribution in [3.05, 3.63) is 39.9 Å². The van der Waals surface area contributed by atoms with E-state index in [4.69, 9.17) is 0 Å². The van der Waals surface area contributed by atoms with Gasteiger partial charge in [-0.05, 0) is 19.0 Å². The number of nitrogens with zero attached hydrogens (tertiary/aromatic N) is 3. The van der Waals surface area contributed by atoms with Gasteiger partial charge in [0.05, 0.1) is 4.92 Å². The lowest BCUT2D eigenvalue weighted by atomic mass is 10.1. The number of nitro groups is 1. The summed E-state index contributed by atoms with van der Waals surface area (Å²) in [7, 11) is 2.15. The van der Waals surface area contributed by atoms with E-state index < -0.39 is 0 Å². The second-order valence-corrected chi connectivity index (χ2v) is 4.82. The number of rotatable bonds is 4. The lowest BCUT2D eigenvalue weighted by molar-refractivity contribution is -0.384. The highest BCUT2D eigenvalue weighted by Gasteiger charge is 2.13. The Kier molecular flexibility index (Phi) is 4.28. The third kappa shape index (κ3) is 3.51. The zero-order valence-electron chi connectivity index (χ0n) is 10.7. The predicted molar refractivity (Wildman–Crippen MR) is 70.7 cm³/mol. The second-order valence-electron chi connectivity index (χ2n) is 4.82. The average molecular weight is 249 g/mol. The van der Waals surface area contributed by atoms with E-state index in [1.54, 1.807) is 12.1 Å². The molecule has 0 aliphatic carbocycles. The van der Waals surface area contributed by atoms with Gasteiger partial charge in [0.2, 0.25) is 0 Å². The molecule has 1 aliphatic rings. The average Bonchev–Trinajstić information content (AvgIpc) is 2.38. The van der Waals surface area contributed by atoms with Crippen LogP contribution in [0.5, 0.6) is 0 Å². The van der Waals surface area contributed by atoms with E-state index in [0.29, 0.717) is 0 Å². The van der Waals surface area contributed by atoms with Crippen molar-refractivity contribution in [2.75, 3.05) is 39.8 Å². The molecule has 18 heavy (non-hydrogen) atoms. The minimum Gasteiger partial charge on any atom is -0.304 e. The molecule has 0 N–H and O–H groups in total. The van der Waals surface area contributed by atoms with E-state index in [-0.39, 0.29) is 10.6 Å². The number of hydrogen-bond acceptors (Lipinski definition) is 4. The van der Waals surface area contributed by atoms with Crippen molar-refractivity contribution in [2.24, 2.45) is 0 Å². The molecule has 0 radical (unpaired) electrons. The Balaban J connectivity index is 1.81. The summed E-state index contributed by atoms with van der Waals surface area (Å²) in [6.45, 7) is 5.51. The van der Waals surface area contributed by atoms with Crippen LogP contribution in [0.25, 0.3) is 0 Å². The SMILES string of the molecule is CN1CCN(CCc2ccc([N+](=O)[O-])cc2)CC1. The van der Waals surface area contributed by atoms with Crippen molar-refractivity contribution in [2.45, 2.75) is 6.42 Å². The van der Waals surface area contributed by atoms with Crippen molar-refractivity contribution in [3.63, 3.8) is 0 Å². The Labute approximate surface area is 107 Å². The maximum atomic E-state index is 10.5. The Hall–Kier alpha value is -1.46. The van der Waals surface area contributed by atoms with Crippen LogP contribution in [0, 0.1) is 10.1 Å². The van der Waals surface area contributed by atoms with Crippen LogP contribution in [0.1, 0.15) is 5.56 Å². The van der Waals surface area contributed by atoms with Crippen molar-refractivity contribution < 1.29 is 4.92 Å². The van der Waals surface area contributed by atoms with Gasteiger partial charge in [0.1, 0.15) is 0 Å². The molecule has 1 saturated heterocycles. The highest BCUT2D eigenvalue weighted by molar-refractivity contribution is 5.32. The van der Waals surface area contributed by atoms with Gasteiger partial charge in [-0.25, -0.2) is 0 Å². The third-order valence-electron chi connectivity index (χ3n) is 3.46. The molecule has 98 valence electrons. The highest BCUT2D eigenvalue weighted by atomic mass is 16.6. The minimum atomic E-state index is -0.357. The molecule has 0 unspecified atom stereocenters. The molecular weight excluding hydrogens is 230 g/mol. The third-order valence-corrected chi connectivity index (χ3v) is 3.46. The summed E-state index contributed by atoms with van der Waals surface area (Å²) in [4.78, 5) is 15.0. The maximum Gasteiger partial charge on any atom is 0.269 e. The van der Waals surface area contributed by atoms with Crippen LogP contribution in [0.15, 0.2) is 24.3 Å². The summed E-state index contributed by atoms with van der Waals surface area (Å²) in [5, 5.41) is 10.5. The number of likely N-dealkylation sites (N-methyl/N-ethyl adjacent to an activating group) is 1. The van der Waals surface area contributed by atoms with Crippen LogP contribution in [-0.2, 0) is 6.42 Å². The van der Waals surface area contributed by atoms with E-state index in [9.17, 15) is 10.1 Å². The van der Waals surface area contributed by atoms with E-state index in [1.165, 1.54) is 5.56 Å². The Morgan fingerprint density at radius 3 is 2.33 bits per heavy atom. The monoisotopic (exact) mass is 249 g/mol. The quantitative estimate of drug-likeness (QED) is 0.597. The molecule has 1 aromatic rings. The van der Waals surface area contributed by atoms with Gasteiger partial charge in [0, 0.05) is 44.9 Å². The molecule has 0 spiro atoms. The molecule has 0 aromatic heterocycles. The summed E-state index contributed by atoms with van der Waals surface area (Å²) in [5.41, 5.74) is 1.33. The first-order valence-electron chi connectivity index (χ1n) is 6.29. The molecule has 5 nitrogen and oxygen atoms in total. The number of hydrogen-bond donors (Lipinski definition) is 0. The van der Waals surface area contributed by atoms with Crippen molar-refractivity contribution in [1.29, 1.82) is 0 Å². The molecular formula is C13H19N3O2. The summed E-state index contributed by atoms with van der Waals surface area (Å²) < 4.78 is 0. The van der Waals surface area contributed by atoms with Crippen LogP contribution in [0.2, 0.25) is 0 Å². The summed E-state index contributed by atoms with van der Waals surface area (Å²) in [5.74, 6) is 0. The molecule has 1 fully saturated rings. The molecule has 2 rings (SSSR count). The van der Waals surface area contributed by atoms with Crippen LogP contribution in [0.4, 0.5) is 5.69 Å². The van der Waals surface area contributed by atoms with Gasteiger partial charge in [0.25, 0.3) is 5.69 Å². The first-order chi connectivity index (χ1) is 8.65. The van der Waals surface area contributed by atoms with Gasteiger partial charge in [-0.1, -0.05) is 12.1 Å². The normalized spacial score (nSPS) is 17.8. The number of nitro benzene ring substituents is 1. The van der Waals surface area contributed by atoms with E-state index in [1.807, 2.05) is 12.1 Å². The van der Waals surface area contributed by atoms with Crippen LogP contribution < -0.4 is 0 Å². The Morgan fingerprint density at radius 2 is 1.78 bits per heavy atom. The molecule has 0 bridgehead atoms. The lowest BCUT2D eigenvalue weighted by Crippen LogP contribution is -2.45. The largest absolute Gasteiger partial charge is 0.304 e. The molecule has 1 heterocycles. The topological polar surface area (TPSA) is 49.6 Å². The van der Waals surface area contributed by atoms with Gasteiger partial charge in [-0.3, -0.25) is 10.1 Å².